The Kier molecular flexibility index (Phi) is 10.8. The van der Waals surface area contributed by atoms with E-state index in [-0.39, 0.29) is 23.5 Å². The largest absolute Gasteiger partial charge is 0.460 e. The molecule has 0 unspecified atom stereocenters. The Labute approximate surface area is 274 Å². The Bertz CT molecular complexity index is 1730. The first-order valence-electron chi connectivity index (χ1n) is 14.5. The van der Waals surface area contributed by atoms with Crippen LogP contribution in [0.15, 0.2) is 41.7 Å². The Morgan fingerprint density at radius 1 is 0.854 bits per heavy atom. The molecular weight excluding hydrogens is 641 g/mol. The van der Waals surface area contributed by atoms with E-state index in [2.05, 4.69) is 25.7 Å². The van der Waals surface area contributed by atoms with Gasteiger partial charge in [0.15, 0.2) is 11.4 Å². The summed E-state index contributed by atoms with van der Waals surface area (Å²) in [5, 5.41) is 8.61. The van der Waals surface area contributed by atoms with Crippen LogP contribution in [-0.2, 0) is 31.6 Å². The van der Waals surface area contributed by atoms with Crippen LogP contribution in [0.1, 0.15) is 83.9 Å². The number of carbonyl (C=O) groups is 4. The second-order valence-corrected chi connectivity index (χ2v) is 13.3. The van der Waals surface area contributed by atoms with Gasteiger partial charge in [0.25, 0.3) is 0 Å². The number of alkyl carbamates (subject to hydrolysis) is 1. The van der Waals surface area contributed by atoms with Gasteiger partial charge in [0.1, 0.15) is 23.1 Å². The van der Waals surface area contributed by atoms with Gasteiger partial charge >= 0.3 is 30.3 Å². The van der Waals surface area contributed by atoms with Crippen molar-refractivity contribution < 1.29 is 51.3 Å². The molecule has 2 amide bonds. The number of halogens is 3. The normalized spacial score (nSPS) is 12.7. The van der Waals surface area contributed by atoms with Gasteiger partial charge in [0.2, 0.25) is 5.96 Å². The molecule has 1 aromatic carbocycles. The highest BCUT2D eigenvalue weighted by Crippen LogP contribution is 2.35. The Morgan fingerprint density at radius 2 is 1.48 bits per heavy atom. The third kappa shape index (κ3) is 11.2. The van der Waals surface area contributed by atoms with Crippen LogP contribution in [0.2, 0.25) is 0 Å². The number of aliphatic imine (C=N–C) groups is 1. The minimum Gasteiger partial charge on any atom is -0.460 e. The molecule has 0 aliphatic carbocycles. The number of guanidine groups is 1. The number of benzene rings is 1. The summed E-state index contributed by atoms with van der Waals surface area (Å²) in [5.41, 5.74) is -4.97. The highest BCUT2D eigenvalue weighted by Gasteiger charge is 2.37. The summed E-state index contributed by atoms with van der Waals surface area (Å²) < 4.78 is 64.8. The molecule has 0 spiro atoms. The fraction of sp³-hybridized carbons (Fsp3) is 0.452. The van der Waals surface area contributed by atoms with E-state index in [4.69, 9.17) is 18.9 Å². The number of esters is 2. The summed E-state index contributed by atoms with van der Waals surface area (Å²) in [6.07, 6.45) is -6.37. The first kappa shape index (κ1) is 37.2. The Balaban J connectivity index is 1.92. The van der Waals surface area contributed by atoms with E-state index in [1.165, 1.54) is 16.6 Å². The third-order valence-electron chi connectivity index (χ3n) is 5.44. The van der Waals surface area contributed by atoms with Gasteiger partial charge in [-0.25, -0.2) is 23.9 Å². The molecule has 0 radical (unpaired) electrons. The Morgan fingerprint density at radius 3 is 2.06 bits per heavy atom. The molecule has 3 rings (SSSR count). The second-order valence-electron chi connectivity index (χ2n) is 13.3. The molecule has 0 atom stereocenters. The maximum absolute atomic E-state index is 14.3. The summed E-state index contributed by atoms with van der Waals surface area (Å²) in [4.78, 5) is 57.8. The lowest BCUT2D eigenvalue weighted by Gasteiger charge is -2.21. The van der Waals surface area contributed by atoms with Crippen LogP contribution in [-0.4, -0.2) is 61.5 Å². The van der Waals surface area contributed by atoms with E-state index >= 15 is 0 Å². The molecule has 14 nitrogen and oxygen atoms in total. The number of hydrogen-bond donors (Lipinski definition) is 2. The molecule has 0 fully saturated rings. The molecule has 0 bridgehead atoms. The molecule has 2 heterocycles. The highest BCUT2D eigenvalue weighted by molar-refractivity contribution is 6.06. The molecule has 0 aliphatic rings. The van der Waals surface area contributed by atoms with Crippen LogP contribution in [0.5, 0.6) is 5.75 Å². The number of ether oxygens (including phenoxy) is 4. The predicted octanol–water partition coefficient (Wildman–Crippen LogP) is 6.08. The van der Waals surface area contributed by atoms with E-state index in [9.17, 15) is 32.3 Å². The number of nitrogens with one attached hydrogen (secondary N) is 2. The Hall–Kier alpha value is -5.22. The van der Waals surface area contributed by atoms with E-state index in [0.717, 1.165) is 18.5 Å². The molecule has 260 valence electrons. The number of carbonyl (C=O) groups excluding carboxylic acids is 4. The number of pyridine rings is 1. The summed E-state index contributed by atoms with van der Waals surface area (Å²) in [6.45, 7) is 14.5. The zero-order valence-electron chi connectivity index (χ0n) is 27.9. The minimum absolute atomic E-state index is 0.0348. The lowest BCUT2D eigenvalue weighted by molar-refractivity contribution is -0.154. The van der Waals surface area contributed by atoms with Crippen LogP contribution in [0.4, 0.5) is 28.4 Å². The second kappa shape index (κ2) is 13.9. The molecule has 3 aromatic rings. The van der Waals surface area contributed by atoms with Crippen molar-refractivity contribution in [2.75, 3.05) is 5.32 Å². The average Bonchev–Trinajstić information content (AvgIpc) is 3.37. The van der Waals surface area contributed by atoms with Gasteiger partial charge in [0, 0.05) is 5.69 Å². The molecule has 48 heavy (non-hydrogen) atoms. The molecule has 0 saturated heterocycles. The quantitative estimate of drug-likeness (QED) is 0.139. The first-order valence-corrected chi connectivity index (χ1v) is 14.5. The van der Waals surface area contributed by atoms with Gasteiger partial charge in [-0.3, -0.25) is 10.1 Å². The van der Waals surface area contributed by atoms with E-state index < -0.39 is 64.2 Å². The van der Waals surface area contributed by atoms with Gasteiger partial charge in [0.05, 0.1) is 23.2 Å². The van der Waals surface area contributed by atoms with Gasteiger partial charge in [-0.05, 0) is 92.6 Å². The average molecular weight is 679 g/mol. The zero-order valence-corrected chi connectivity index (χ0v) is 27.9. The fourth-order valence-electron chi connectivity index (χ4n) is 3.87. The number of alkyl halides is 3. The van der Waals surface area contributed by atoms with Crippen molar-refractivity contribution in [2.45, 2.75) is 91.7 Å². The smallest absolute Gasteiger partial charge is 0.437 e. The summed E-state index contributed by atoms with van der Waals surface area (Å²) in [7, 11) is 0. The van der Waals surface area contributed by atoms with Crippen LogP contribution >= 0.6 is 0 Å². The van der Waals surface area contributed by atoms with Crippen molar-refractivity contribution in [3.63, 3.8) is 0 Å². The van der Waals surface area contributed by atoms with Crippen molar-refractivity contribution in [3.8, 4) is 5.75 Å². The summed E-state index contributed by atoms with van der Waals surface area (Å²) in [5.74, 6) is -2.78. The van der Waals surface area contributed by atoms with Crippen molar-refractivity contribution in [1.82, 2.24) is 19.9 Å². The monoisotopic (exact) mass is 678 g/mol. The molecule has 2 N–H and O–H groups in total. The number of nitrogens with zero attached hydrogens (tertiary/aromatic N) is 4. The summed E-state index contributed by atoms with van der Waals surface area (Å²) >= 11 is 0. The lowest BCUT2D eigenvalue weighted by Crippen LogP contribution is -2.40. The predicted molar refractivity (Wildman–Crippen MR) is 166 cm³/mol. The molecule has 0 saturated carbocycles. The highest BCUT2D eigenvalue weighted by atomic mass is 19.4. The standard InChI is InChI=1S/C31H37F3N6O8/c1-28(2,3)46-22(41)15-18-11-13-21(23-35-16-36-40(18)23)45-24(42)19-12-10-17(14-20(19)31(32,33)34)37-25(38-26(43)47-29(4,5)6)39-27(44)48-30(7,8)9/h10-14,16H,15H2,1-9H3,(H2,37,38,39,43,44). The molecule has 17 heteroatoms. The zero-order chi connectivity index (χ0) is 36.2. The minimum atomic E-state index is -5.06. The maximum Gasteiger partial charge on any atom is 0.437 e. The van der Waals surface area contributed by atoms with E-state index in [0.29, 0.717) is 11.8 Å². The first-order chi connectivity index (χ1) is 21.9. The van der Waals surface area contributed by atoms with E-state index in [1.54, 1.807) is 62.3 Å². The van der Waals surface area contributed by atoms with E-state index in [1.807, 2.05) is 0 Å². The number of anilines is 1. The van der Waals surface area contributed by atoms with Crippen LogP contribution in [0, 0.1) is 0 Å². The van der Waals surface area contributed by atoms with Crippen LogP contribution < -0.4 is 15.4 Å². The van der Waals surface area contributed by atoms with Gasteiger partial charge in [-0.1, -0.05) is 0 Å². The van der Waals surface area contributed by atoms with Crippen molar-refractivity contribution in [2.24, 2.45) is 4.99 Å². The topological polar surface area (TPSA) is 172 Å². The van der Waals surface area contributed by atoms with Crippen molar-refractivity contribution >= 4 is 41.4 Å². The third-order valence-corrected chi connectivity index (χ3v) is 5.44. The number of amides is 2. The van der Waals surface area contributed by atoms with Crippen LogP contribution in [0.25, 0.3) is 5.65 Å². The van der Waals surface area contributed by atoms with Gasteiger partial charge < -0.3 is 24.3 Å². The maximum atomic E-state index is 14.3. The van der Waals surface area contributed by atoms with Crippen molar-refractivity contribution in [3.05, 3.63) is 53.5 Å². The van der Waals surface area contributed by atoms with Crippen LogP contribution in [0.3, 0.4) is 0 Å². The van der Waals surface area contributed by atoms with Gasteiger partial charge in [-0.2, -0.15) is 18.3 Å². The molecule has 0 aliphatic heterocycles. The number of fused-ring (bicyclic) bond motifs is 1. The number of hydrogen-bond acceptors (Lipinski definition) is 10. The molecular formula is C31H37F3N6O8. The summed E-state index contributed by atoms with van der Waals surface area (Å²) in [6, 6.07) is 5.14. The number of rotatable bonds is 5. The fourth-order valence-corrected chi connectivity index (χ4v) is 3.87. The van der Waals surface area contributed by atoms with Crippen molar-refractivity contribution in [1.29, 1.82) is 0 Å². The van der Waals surface area contributed by atoms with Gasteiger partial charge in [-0.15, -0.1) is 4.99 Å². The molecule has 2 aromatic heterocycles. The lowest BCUT2D eigenvalue weighted by atomic mass is 10.1. The number of aromatic nitrogens is 3. The SMILES string of the molecule is CC(C)(C)OC(=O)Cc1ccc(OC(=O)c2ccc(N/C(=N/C(=O)OC(C)(C)C)NC(=O)OC(C)(C)C)cc2C(F)(F)F)c2ncnn12.